The Balaban J connectivity index is 1.94. The maximum Gasteiger partial charge on any atom is 0.365 e. The molecule has 122 valence electrons. The maximum atomic E-state index is 12.2. The second-order valence-electron chi connectivity index (χ2n) is 5.27. The van der Waals surface area contributed by atoms with Crippen molar-refractivity contribution in [1.82, 2.24) is 9.71 Å². The molecule has 0 spiro atoms. The van der Waals surface area contributed by atoms with Gasteiger partial charge in [0.25, 0.3) is 0 Å². The fraction of sp³-hybridized carbons (Fsp3) is 0.118. The lowest BCUT2D eigenvalue weighted by Crippen LogP contribution is -2.32. The molecule has 1 unspecified atom stereocenters. The van der Waals surface area contributed by atoms with Crippen molar-refractivity contribution >= 4 is 22.8 Å². The van der Waals surface area contributed by atoms with Crippen LogP contribution < -0.4 is 10.6 Å². The summed E-state index contributed by atoms with van der Waals surface area (Å²) in [6.07, 6.45) is 4.69. The van der Waals surface area contributed by atoms with Gasteiger partial charge >= 0.3 is 11.9 Å². The zero-order chi connectivity index (χ0) is 17.1. The number of fused-ring (bicyclic) bond motifs is 1. The van der Waals surface area contributed by atoms with E-state index in [1.165, 1.54) is 10.9 Å². The number of carbonyl (C=O) groups is 2. The van der Waals surface area contributed by atoms with Crippen LogP contribution in [0.1, 0.15) is 15.9 Å². The number of nitrogens with two attached hydrogens (primary N) is 1. The second kappa shape index (κ2) is 6.51. The first kappa shape index (κ1) is 15.7. The van der Waals surface area contributed by atoms with Crippen LogP contribution in [0.5, 0.6) is 0 Å². The molecule has 0 radical (unpaired) electrons. The topological polar surface area (TPSA) is 107 Å². The molecule has 0 aliphatic heterocycles. The van der Waals surface area contributed by atoms with Crippen LogP contribution in [0.3, 0.4) is 0 Å². The monoisotopic (exact) mass is 325 g/mol. The van der Waals surface area contributed by atoms with E-state index in [4.69, 9.17) is 15.7 Å². The van der Waals surface area contributed by atoms with E-state index in [2.05, 4.69) is 4.98 Å². The number of carboxylic acid groups (broad SMARTS) is 1. The lowest BCUT2D eigenvalue weighted by atomic mass is 10.1. The van der Waals surface area contributed by atoms with Gasteiger partial charge in [-0.25, -0.2) is 4.79 Å². The predicted molar refractivity (Wildman–Crippen MR) is 86.4 cm³/mol. The van der Waals surface area contributed by atoms with Crippen molar-refractivity contribution in [3.05, 3.63) is 66.1 Å². The third kappa shape index (κ3) is 3.11. The molecular weight excluding hydrogens is 310 g/mol. The minimum atomic E-state index is -1.08. The number of aliphatic carboxylic acids is 1. The lowest BCUT2D eigenvalue weighted by Gasteiger charge is -2.05. The van der Waals surface area contributed by atoms with Gasteiger partial charge in [-0.1, -0.05) is 18.2 Å². The molecule has 24 heavy (non-hydrogen) atoms. The average molecular weight is 325 g/mol. The minimum Gasteiger partial charge on any atom is -0.480 e. The Morgan fingerprint density at radius 2 is 2.04 bits per heavy atom. The number of rotatable bonds is 5. The van der Waals surface area contributed by atoms with Crippen molar-refractivity contribution in [1.29, 1.82) is 0 Å². The summed E-state index contributed by atoms with van der Waals surface area (Å²) >= 11 is 0. The van der Waals surface area contributed by atoms with Crippen molar-refractivity contribution in [2.75, 3.05) is 0 Å². The molecule has 3 aromatic rings. The number of pyridine rings is 1. The zero-order valence-electron chi connectivity index (χ0n) is 12.6. The number of hydrogen-bond acceptors (Lipinski definition) is 5. The zero-order valence-corrected chi connectivity index (χ0v) is 12.6. The maximum absolute atomic E-state index is 12.2. The molecule has 7 heteroatoms. The molecule has 0 saturated carbocycles. The van der Waals surface area contributed by atoms with Crippen molar-refractivity contribution in [3.8, 4) is 0 Å². The highest BCUT2D eigenvalue weighted by molar-refractivity contribution is 5.90. The SMILES string of the molecule is NC(Cc1cn(OC(=O)c2cccnc2)c2ccccc12)C(=O)O. The van der Waals surface area contributed by atoms with Crippen molar-refractivity contribution in [2.45, 2.75) is 12.5 Å². The number of aromatic nitrogens is 2. The van der Waals surface area contributed by atoms with Crippen LogP contribution in [0.2, 0.25) is 0 Å². The second-order valence-corrected chi connectivity index (χ2v) is 5.27. The number of hydrogen-bond donors (Lipinski definition) is 2. The van der Waals surface area contributed by atoms with E-state index in [9.17, 15) is 9.59 Å². The Hall–Kier alpha value is -3.19. The highest BCUT2D eigenvalue weighted by Gasteiger charge is 2.18. The van der Waals surface area contributed by atoms with Gasteiger partial charge in [0.1, 0.15) is 6.04 Å². The fourth-order valence-electron chi connectivity index (χ4n) is 2.41. The van der Waals surface area contributed by atoms with Gasteiger partial charge in [-0.15, -0.1) is 0 Å². The van der Waals surface area contributed by atoms with Crippen LogP contribution in [0.4, 0.5) is 0 Å². The van der Waals surface area contributed by atoms with E-state index in [1.807, 2.05) is 12.1 Å². The molecule has 1 aromatic carbocycles. The van der Waals surface area contributed by atoms with Crippen LogP contribution in [0.15, 0.2) is 55.0 Å². The molecule has 3 rings (SSSR count). The molecule has 2 heterocycles. The van der Waals surface area contributed by atoms with Crippen LogP contribution in [0, 0.1) is 0 Å². The molecule has 3 N–H and O–H groups in total. The Labute approximate surface area is 137 Å². The van der Waals surface area contributed by atoms with Gasteiger partial charge in [-0.3, -0.25) is 9.78 Å². The summed E-state index contributed by atoms with van der Waals surface area (Å²) in [5, 5.41) is 9.78. The van der Waals surface area contributed by atoms with E-state index in [1.54, 1.807) is 36.7 Å². The fourth-order valence-corrected chi connectivity index (χ4v) is 2.41. The first-order chi connectivity index (χ1) is 11.6. The molecule has 7 nitrogen and oxygen atoms in total. The number of para-hydroxylation sites is 1. The molecule has 0 aliphatic carbocycles. The largest absolute Gasteiger partial charge is 0.480 e. The summed E-state index contributed by atoms with van der Waals surface area (Å²) in [5.41, 5.74) is 7.28. The summed E-state index contributed by atoms with van der Waals surface area (Å²) in [6, 6.07) is 9.45. The van der Waals surface area contributed by atoms with Gasteiger partial charge in [-0.05, 0) is 23.8 Å². The van der Waals surface area contributed by atoms with Gasteiger partial charge in [0, 0.05) is 30.4 Å². The van der Waals surface area contributed by atoms with Crippen LogP contribution in [0.25, 0.3) is 10.9 Å². The van der Waals surface area contributed by atoms with Gasteiger partial charge in [-0.2, -0.15) is 4.73 Å². The average Bonchev–Trinajstić information content (AvgIpc) is 2.93. The third-order valence-electron chi connectivity index (χ3n) is 3.60. The van der Waals surface area contributed by atoms with E-state index in [0.29, 0.717) is 16.6 Å². The quantitative estimate of drug-likeness (QED) is 0.731. The molecule has 0 fully saturated rings. The normalized spacial score (nSPS) is 12.0. The highest BCUT2D eigenvalue weighted by Crippen LogP contribution is 2.22. The Morgan fingerprint density at radius 3 is 2.75 bits per heavy atom. The van der Waals surface area contributed by atoms with Crippen molar-refractivity contribution in [2.24, 2.45) is 5.73 Å². The Kier molecular flexibility index (Phi) is 4.26. The van der Waals surface area contributed by atoms with E-state index in [-0.39, 0.29) is 6.42 Å². The van der Waals surface area contributed by atoms with E-state index < -0.39 is 18.0 Å². The van der Waals surface area contributed by atoms with Gasteiger partial charge in [0.05, 0.1) is 11.1 Å². The summed E-state index contributed by atoms with van der Waals surface area (Å²) < 4.78 is 1.33. The molecule has 0 bridgehead atoms. The van der Waals surface area contributed by atoms with Crippen LogP contribution in [-0.4, -0.2) is 32.8 Å². The third-order valence-corrected chi connectivity index (χ3v) is 3.60. The Bertz CT molecular complexity index is 889. The van der Waals surface area contributed by atoms with E-state index in [0.717, 1.165) is 5.39 Å². The predicted octanol–water partition coefficient (Wildman–Crippen LogP) is 1.26. The molecule has 1 atom stereocenters. The molecule has 2 aromatic heterocycles. The first-order valence-electron chi connectivity index (χ1n) is 7.26. The lowest BCUT2D eigenvalue weighted by molar-refractivity contribution is -0.138. The van der Waals surface area contributed by atoms with Crippen LogP contribution in [-0.2, 0) is 11.2 Å². The van der Waals surface area contributed by atoms with Gasteiger partial charge in [0.2, 0.25) is 0 Å². The first-order valence-corrected chi connectivity index (χ1v) is 7.26. The summed E-state index contributed by atoms with van der Waals surface area (Å²) in [7, 11) is 0. The van der Waals surface area contributed by atoms with Crippen molar-refractivity contribution in [3.63, 3.8) is 0 Å². The van der Waals surface area contributed by atoms with Gasteiger partial charge < -0.3 is 15.7 Å². The summed E-state index contributed by atoms with van der Waals surface area (Å²) in [5.74, 6) is -1.64. The van der Waals surface area contributed by atoms with E-state index >= 15 is 0 Å². The molecule has 0 aliphatic rings. The number of nitrogens with zero attached hydrogens (tertiary/aromatic N) is 2. The molecular formula is C17H15N3O4. The van der Waals surface area contributed by atoms with Crippen molar-refractivity contribution < 1.29 is 19.5 Å². The Morgan fingerprint density at radius 1 is 1.25 bits per heavy atom. The number of carbonyl (C=O) groups excluding carboxylic acids is 1. The molecule has 0 amide bonds. The summed E-state index contributed by atoms with van der Waals surface area (Å²) in [6.45, 7) is 0. The smallest absolute Gasteiger partial charge is 0.365 e. The molecule has 0 saturated heterocycles. The number of carboxylic acids is 1. The standard InChI is InChI=1S/C17H15N3O4/c18-14(16(21)22)8-12-10-20(15-6-2-1-5-13(12)15)24-17(23)11-4-3-7-19-9-11/h1-7,9-10,14H,8,18H2,(H,21,22). The minimum absolute atomic E-state index is 0.132. The highest BCUT2D eigenvalue weighted by atomic mass is 16.7. The number of benzene rings is 1. The summed E-state index contributed by atoms with van der Waals surface area (Å²) in [4.78, 5) is 32.4. The van der Waals surface area contributed by atoms with Gasteiger partial charge in [0.15, 0.2) is 0 Å². The van der Waals surface area contributed by atoms with Crippen LogP contribution >= 0.6 is 0 Å².